The van der Waals surface area contributed by atoms with E-state index in [9.17, 15) is 9.59 Å². The zero-order valence-electron chi connectivity index (χ0n) is 22.3. The van der Waals surface area contributed by atoms with Gasteiger partial charge < -0.3 is 18.9 Å². The average Bonchev–Trinajstić information content (AvgIpc) is 3.00. The molecule has 0 atom stereocenters. The number of carbonyl (C=O) groups excluding carboxylic acids is 1. The van der Waals surface area contributed by atoms with Crippen LogP contribution in [0.3, 0.4) is 0 Å². The number of halogens is 1. The van der Waals surface area contributed by atoms with Gasteiger partial charge in [0.15, 0.2) is 17.3 Å². The number of fused-ring (bicyclic) bond motifs is 1. The minimum Gasteiger partial charge on any atom is -0.493 e. The Labute approximate surface area is 240 Å². The lowest BCUT2D eigenvalue weighted by Gasteiger charge is -2.14. The maximum absolute atomic E-state index is 13.5. The molecule has 0 unspecified atom stereocenters. The summed E-state index contributed by atoms with van der Waals surface area (Å²) in [6.07, 6.45) is 1.44. The quantitative estimate of drug-likeness (QED) is 0.131. The van der Waals surface area contributed by atoms with Crippen molar-refractivity contribution in [2.24, 2.45) is 5.10 Å². The molecule has 5 rings (SSSR count). The molecule has 1 aromatic heterocycles. The summed E-state index contributed by atoms with van der Waals surface area (Å²) < 4.78 is 23.0. The molecule has 0 bridgehead atoms. The zero-order valence-corrected chi connectivity index (χ0v) is 23.1. The molecule has 41 heavy (non-hydrogen) atoms. The van der Waals surface area contributed by atoms with Crippen LogP contribution >= 0.6 is 11.6 Å². The van der Waals surface area contributed by atoms with Crippen LogP contribution in [0.25, 0.3) is 22.3 Å². The van der Waals surface area contributed by atoms with Gasteiger partial charge in [0.05, 0.1) is 44.0 Å². The number of methoxy groups -OCH3 is 3. The normalized spacial score (nSPS) is 11.0. The van der Waals surface area contributed by atoms with Crippen LogP contribution in [-0.4, -0.2) is 43.2 Å². The molecule has 0 aliphatic carbocycles. The van der Waals surface area contributed by atoms with Crippen molar-refractivity contribution in [1.82, 2.24) is 9.66 Å². The maximum Gasteiger partial charge on any atom is 0.343 e. The van der Waals surface area contributed by atoms with Crippen LogP contribution in [0.1, 0.15) is 15.9 Å². The van der Waals surface area contributed by atoms with E-state index in [1.165, 1.54) is 44.4 Å². The zero-order chi connectivity index (χ0) is 28.9. The lowest BCUT2D eigenvalue weighted by molar-refractivity contribution is 0.0733. The number of benzene rings is 4. The number of hydrogen-bond donors (Lipinski definition) is 0. The van der Waals surface area contributed by atoms with Crippen molar-refractivity contribution in [1.29, 1.82) is 0 Å². The summed E-state index contributed by atoms with van der Waals surface area (Å²) >= 11 is 6.08. The molecule has 0 aliphatic heterocycles. The van der Waals surface area contributed by atoms with E-state index >= 15 is 0 Å². The molecule has 9 nitrogen and oxygen atoms in total. The van der Waals surface area contributed by atoms with E-state index in [4.69, 9.17) is 35.5 Å². The third kappa shape index (κ3) is 5.61. The SMILES string of the molecule is COc1cc(C(=O)Oc2ccccc2C=Nn2c(-c3ccc(Cl)cc3)nc3ccccc3c2=O)cc(OC)c1OC. The summed E-state index contributed by atoms with van der Waals surface area (Å²) in [5.41, 5.74) is 1.47. The fourth-order valence-corrected chi connectivity index (χ4v) is 4.30. The summed E-state index contributed by atoms with van der Waals surface area (Å²) in [6, 6.07) is 23.8. The van der Waals surface area contributed by atoms with Crippen molar-refractivity contribution in [2.45, 2.75) is 0 Å². The Balaban J connectivity index is 1.54. The molecule has 0 amide bonds. The first kappa shape index (κ1) is 27.4. The lowest BCUT2D eigenvalue weighted by Crippen LogP contribution is -2.20. The first-order chi connectivity index (χ1) is 19.9. The topological polar surface area (TPSA) is 101 Å². The summed E-state index contributed by atoms with van der Waals surface area (Å²) in [7, 11) is 4.39. The van der Waals surface area contributed by atoms with Gasteiger partial charge in [-0.15, -0.1) is 0 Å². The molecule has 0 N–H and O–H groups in total. The standard InChI is InChI=1S/C31H24ClN3O6/c1-38-26-16-21(17-27(39-2)28(26)40-3)31(37)41-25-11-7-4-8-20(25)18-33-35-29(19-12-14-22(32)15-13-19)34-24-10-6-5-9-23(24)30(35)36/h4-18H,1-3H3. The molecular weight excluding hydrogens is 546 g/mol. The van der Waals surface area contributed by atoms with Crippen molar-refractivity contribution in [3.8, 4) is 34.4 Å². The summed E-state index contributed by atoms with van der Waals surface area (Å²) in [5.74, 6) is 0.873. The molecule has 10 heteroatoms. The highest BCUT2D eigenvalue weighted by Crippen LogP contribution is 2.38. The van der Waals surface area contributed by atoms with Gasteiger partial charge in [0.25, 0.3) is 5.56 Å². The number of rotatable bonds is 8. The van der Waals surface area contributed by atoms with E-state index in [-0.39, 0.29) is 16.9 Å². The van der Waals surface area contributed by atoms with E-state index in [0.29, 0.717) is 50.1 Å². The first-order valence-electron chi connectivity index (χ1n) is 12.4. The van der Waals surface area contributed by atoms with Crippen LogP contribution in [-0.2, 0) is 0 Å². The second-order valence-electron chi connectivity index (χ2n) is 8.66. The Hall–Kier alpha value is -5.15. The van der Waals surface area contributed by atoms with Crippen molar-refractivity contribution in [3.05, 3.63) is 111 Å². The Bertz CT molecular complexity index is 1810. The van der Waals surface area contributed by atoms with Crippen LogP contribution < -0.4 is 24.5 Å². The van der Waals surface area contributed by atoms with Crippen molar-refractivity contribution < 1.29 is 23.7 Å². The second-order valence-corrected chi connectivity index (χ2v) is 9.10. The molecule has 0 spiro atoms. The van der Waals surface area contributed by atoms with Gasteiger partial charge in [0, 0.05) is 16.1 Å². The van der Waals surface area contributed by atoms with E-state index in [1.54, 1.807) is 66.7 Å². The van der Waals surface area contributed by atoms with E-state index in [1.807, 2.05) is 6.07 Å². The molecule has 0 saturated heterocycles. The highest BCUT2D eigenvalue weighted by atomic mass is 35.5. The Morgan fingerprint density at radius 1 is 0.854 bits per heavy atom. The summed E-state index contributed by atoms with van der Waals surface area (Å²) in [5, 5.41) is 5.44. The fraction of sp³-hybridized carbons (Fsp3) is 0.0968. The van der Waals surface area contributed by atoms with Crippen LogP contribution in [0, 0.1) is 0 Å². The van der Waals surface area contributed by atoms with Crippen LogP contribution in [0.5, 0.6) is 23.0 Å². The van der Waals surface area contributed by atoms with Crippen molar-refractivity contribution >= 4 is 34.7 Å². The maximum atomic E-state index is 13.5. The number of esters is 1. The number of hydrogen-bond acceptors (Lipinski definition) is 8. The summed E-state index contributed by atoms with van der Waals surface area (Å²) in [4.78, 5) is 31.3. The fourth-order valence-electron chi connectivity index (χ4n) is 4.17. The van der Waals surface area contributed by atoms with E-state index in [2.05, 4.69) is 5.10 Å². The molecule has 0 aliphatic rings. The van der Waals surface area contributed by atoms with Crippen LogP contribution in [0.2, 0.25) is 5.02 Å². The van der Waals surface area contributed by atoms with Crippen LogP contribution in [0.15, 0.2) is 94.8 Å². The molecular formula is C31H24ClN3O6. The molecule has 1 heterocycles. The highest BCUT2D eigenvalue weighted by Gasteiger charge is 2.19. The van der Waals surface area contributed by atoms with Gasteiger partial charge in [-0.05, 0) is 60.7 Å². The minimum absolute atomic E-state index is 0.186. The third-order valence-corrected chi connectivity index (χ3v) is 6.44. The first-order valence-corrected chi connectivity index (χ1v) is 12.7. The Morgan fingerprint density at radius 2 is 1.51 bits per heavy atom. The van der Waals surface area contributed by atoms with Gasteiger partial charge in [-0.1, -0.05) is 35.9 Å². The van der Waals surface area contributed by atoms with Crippen LogP contribution in [0.4, 0.5) is 0 Å². The predicted octanol–water partition coefficient (Wildman–Crippen LogP) is 5.84. The number of nitrogens with zero attached hydrogens (tertiary/aromatic N) is 3. The predicted molar refractivity (Wildman–Crippen MR) is 157 cm³/mol. The monoisotopic (exact) mass is 569 g/mol. The van der Waals surface area contributed by atoms with Gasteiger partial charge in [0.1, 0.15) is 5.75 Å². The lowest BCUT2D eigenvalue weighted by atomic mass is 10.1. The number of para-hydroxylation sites is 2. The average molecular weight is 570 g/mol. The van der Waals surface area contributed by atoms with Crippen molar-refractivity contribution in [2.75, 3.05) is 21.3 Å². The van der Waals surface area contributed by atoms with Gasteiger partial charge in [-0.3, -0.25) is 4.79 Å². The van der Waals surface area contributed by atoms with Gasteiger partial charge >= 0.3 is 5.97 Å². The Morgan fingerprint density at radius 3 is 2.20 bits per heavy atom. The molecule has 0 radical (unpaired) electrons. The van der Waals surface area contributed by atoms with E-state index in [0.717, 1.165) is 0 Å². The number of aromatic nitrogens is 2. The third-order valence-electron chi connectivity index (χ3n) is 6.19. The molecule has 0 fully saturated rings. The molecule has 206 valence electrons. The minimum atomic E-state index is -0.656. The van der Waals surface area contributed by atoms with Gasteiger partial charge in [-0.2, -0.15) is 9.78 Å². The van der Waals surface area contributed by atoms with E-state index < -0.39 is 5.97 Å². The Kier molecular flexibility index (Phi) is 7.98. The molecule has 5 aromatic rings. The highest BCUT2D eigenvalue weighted by molar-refractivity contribution is 6.30. The van der Waals surface area contributed by atoms with Gasteiger partial charge in [0.2, 0.25) is 5.75 Å². The largest absolute Gasteiger partial charge is 0.493 e. The number of ether oxygens (including phenoxy) is 4. The summed E-state index contributed by atoms with van der Waals surface area (Å²) in [6.45, 7) is 0. The molecule has 0 saturated carbocycles. The molecule has 4 aromatic carbocycles. The second kappa shape index (κ2) is 11.9. The van der Waals surface area contributed by atoms with Crippen molar-refractivity contribution in [3.63, 3.8) is 0 Å². The number of carbonyl (C=O) groups is 1. The van der Waals surface area contributed by atoms with Gasteiger partial charge in [-0.25, -0.2) is 9.78 Å². The smallest absolute Gasteiger partial charge is 0.343 e.